The SMILES string of the molecule is CC(C)N=C(N)/N=C(\N)NOCCCOc1ccc(F)cc1F.Cl. The summed E-state index contributed by atoms with van der Waals surface area (Å²) in [6.45, 7) is 4.14. The number of nitrogens with one attached hydrogen (secondary N) is 1. The number of aliphatic imine (C=N–C) groups is 2. The van der Waals surface area contributed by atoms with Crippen molar-refractivity contribution in [1.29, 1.82) is 0 Å². The molecule has 0 aliphatic heterocycles. The number of ether oxygens (including phenoxy) is 1. The fourth-order valence-electron chi connectivity index (χ4n) is 1.47. The second kappa shape index (κ2) is 11.4. The average molecular weight is 366 g/mol. The van der Waals surface area contributed by atoms with E-state index >= 15 is 0 Å². The number of guanidine groups is 2. The standard InChI is InChI=1S/C14H21F2N5O2.ClH/c1-9(2)19-13(17)20-14(18)21-23-7-3-6-22-12-5-4-10(15)8-11(12)16;/h4-5,8-9H,3,6-7H2,1-2H3,(H5,17,18,19,20,21);1H. The minimum atomic E-state index is -0.750. The molecular weight excluding hydrogens is 344 g/mol. The number of hydrogen-bond donors (Lipinski definition) is 3. The first-order valence-corrected chi connectivity index (χ1v) is 7.01. The highest BCUT2D eigenvalue weighted by Gasteiger charge is 2.04. The zero-order valence-electron chi connectivity index (χ0n) is 13.5. The number of hydrogen-bond acceptors (Lipinski definition) is 3. The summed E-state index contributed by atoms with van der Waals surface area (Å²) >= 11 is 0. The fourth-order valence-corrected chi connectivity index (χ4v) is 1.47. The van der Waals surface area contributed by atoms with Crippen LogP contribution in [0.2, 0.25) is 0 Å². The van der Waals surface area contributed by atoms with E-state index in [1.165, 1.54) is 6.07 Å². The molecule has 0 bridgehead atoms. The van der Waals surface area contributed by atoms with Crippen LogP contribution in [0.3, 0.4) is 0 Å². The molecule has 0 radical (unpaired) electrons. The molecule has 7 nitrogen and oxygen atoms in total. The maximum atomic E-state index is 13.3. The van der Waals surface area contributed by atoms with E-state index in [4.69, 9.17) is 21.0 Å². The van der Waals surface area contributed by atoms with Gasteiger partial charge in [0.1, 0.15) is 5.82 Å². The summed E-state index contributed by atoms with van der Waals surface area (Å²) in [4.78, 5) is 12.8. The predicted octanol–water partition coefficient (Wildman–Crippen LogP) is 1.71. The molecule has 0 aromatic heterocycles. The van der Waals surface area contributed by atoms with Crippen LogP contribution in [-0.4, -0.2) is 31.2 Å². The number of rotatable bonds is 7. The fraction of sp³-hybridized carbons (Fsp3) is 0.429. The minimum absolute atomic E-state index is 0. The van der Waals surface area contributed by atoms with E-state index in [1.807, 2.05) is 13.8 Å². The Balaban J connectivity index is 0.00000529. The third kappa shape index (κ3) is 9.11. The Morgan fingerprint density at radius 2 is 1.96 bits per heavy atom. The summed E-state index contributed by atoms with van der Waals surface area (Å²) in [7, 11) is 0. The maximum absolute atomic E-state index is 13.3. The van der Waals surface area contributed by atoms with Crippen molar-refractivity contribution in [2.45, 2.75) is 26.3 Å². The summed E-state index contributed by atoms with van der Waals surface area (Å²) in [5, 5.41) is 0. The van der Waals surface area contributed by atoms with Crippen LogP contribution >= 0.6 is 12.4 Å². The van der Waals surface area contributed by atoms with Crippen molar-refractivity contribution in [2.24, 2.45) is 21.5 Å². The monoisotopic (exact) mass is 365 g/mol. The molecule has 5 N–H and O–H groups in total. The first-order valence-electron chi connectivity index (χ1n) is 7.01. The lowest BCUT2D eigenvalue weighted by Gasteiger charge is -2.08. The number of benzene rings is 1. The molecule has 0 aliphatic carbocycles. The second-order valence-corrected chi connectivity index (χ2v) is 4.81. The quantitative estimate of drug-likeness (QED) is 0.295. The van der Waals surface area contributed by atoms with Crippen molar-refractivity contribution in [3.05, 3.63) is 29.8 Å². The number of nitrogens with zero attached hydrogens (tertiary/aromatic N) is 2. The van der Waals surface area contributed by atoms with Crippen molar-refractivity contribution in [2.75, 3.05) is 13.2 Å². The molecule has 0 aliphatic rings. The molecular formula is C14H22ClF2N5O2. The van der Waals surface area contributed by atoms with Gasteiger partial charge in [0.15, 0.2) is 11.6 Å². The van der Waals surface area contributed by atoms with Gasteiger partial charge in [0.05, 0.1) is 13.2 Å². The van der Waals surface area contributed by atoms with Gasteiger partial charge in [-0.1, -0.05) is 0 Å². The Bertz CT molecular complexity index is 570. The third-order valence-corrected chi connectivity index (χ3v) is 2.34. The number of nitrogens with two attached hydrogens (primary N) is 2. The van der Waals surface area contributed by atoms with Gasteiger partial charge in [-0.15, -0.1) is 12.4 Å². The first-order chi connectivity index (χ1) is 10.9. The lowest BCUT2D eigenvalue weighted by Crippen LogP contribution is -2.34. The van der Waals surface area contributed by atoms with Gasteiger partial charge < -0.3 is 16.2 Å². The van der Waals surface area contributed by atoms with Crippen LogP contribution in [0.1, 0.15) is 20.3 Å². The maximum Gasteiger partial charge on any atom is 0.221 e. The van der Waals surface area contributed by atoms with Crippen LogP contribution in [0.5, 0.6) is 5.75 Å². The van der Waals surface area contributed by atoms with Gasteiger partial charge in [0.25, 0.3) is 0 Å². The molecule has 0 amide bonds. The smallest absolute Gasteiger partial charge is 0.221 e. The Morgan fingerprint density at radius 3 is 2.58 bits per heavy atom. The van der Waals surface area contributed by atoms with E-state index in [0.29, 0.717) is 6.42 Å². The Kier molecular flexibility index (Phi) is 10.4. The van der Waals surface area contributed by atoms with E-state index in [2.05, 4.69) is 15.5 Å². The molecule has 1 rings (SSSR count). The second-order valence-electron chi connectivity index (χ2n) is 4.81. The molecule has 136 valence electrons. The van der Waals surface area contributed by atoms with E-state index in [0.717, 1.165) is 12.1 Å². The number of halogens is 3. The van der Waals surface area contributed by atoms with Gasteiger partial charge >= 0.3 is 0 Å². The molecule has 10 heteroatoms. The molecule has 0 spiro atoms. The van der Waals surface area contributed by atoms with Crippen LogP contribution in [-0.2, 0) is 4.84 Å². The van der Waals surface area contributed by atoms with Gasteiger partial charge in [-0.25, -0.2) is 19.3 Å². The third-order valence-electron chi connectivity index (χ3n) is 2.34. The Hall–Kier alpha value is -2.13. The Morgan fingerprint density at radius 1 is 1.25 bits per heavy atom. The van der Waals surface area contributed by atoms with Crippen LogP contribution < -0.4 is 21.7 Å². The van der Waals surface area contributed by atoms with Gasteiger partial charge in [-0.05, 0) is 26.0 Å². The van der Waals surface area contributed by atoms with Crippen molar-refractivity contribution in [3.8, 4) is 5.75 Å². The molecule has 0 saturated carbocycles. The zero-order valence-corrected chi connectivity index (χ0v) is 14.3. The molecule has 0 atom stereocenters. The molecule has 1 aromatic carbocycles. The summed E-state index contributed by atoms with van der Waals surface area (Å²) in [5.41, 5.74) is 13.4. The summed E-state index contributed by atoms with van der Waals surface area (Å²) in [5.74, 6) is -1.41. The van der Waals surface area contributed by atoms with E-state index < -0.39 is 11.6 Å². The van der Waals surface area contributed by atoms with Crippen LogP contribution in [0.15, 0.2) is 28.2 Å². The van der Waals surface area contributed by atoms with Crippen molar-refractivity contribution < 1.29 is 18.4 Å². The lowest BCUT2D eigenvalue weighted by molar-refractivity contribution is 0.0735. The lowest BCUT2D eigenvalue weighted by atomic mass is 10.3. The summed E-state index contributed by atoms with van der Waals surface area (Å²) in [6, 6.07) is 3.12. The van der Waals surface area contributed by atoms with Gasteiger partial charge in [0.2, 0.25) is 11.9 Å². The molecule has 0 unspecified atom stereocenters. The van der Waals surface area contributed by atoms with Gasteiger partial charge in [0, 0.05) is 18.5 Å². The largest absolute Gasteiger partial charge is 0.490 e. The van der Waals surface area contributed by atoms with Crippen LogP contribution in [0.25, 0.3) is 0 Å². The Labute approximate surface area is 145 Å². The number of hydroxylamine groups is 1. The van der Waals surface area contributed by atoms with Gasteiger partial charge in [-0.2, -0.15) is 4.99 Å². The topological polar surface area (TPSA) is 107 Å². The van der Waals surface area contributed by atoms with Gasteiger partial charge in [-0.3, -0.25) is 4.84 Å². The molecule has 0 fully saturated rings. The van der Waals surface area contributed by atoms with Crippen molar-refractivity contribution in [3.63, 3.8) is 0 Å². The average Bonchev–Trinajstić information content (AvgIpc) is 2.43. The highest BCUT2D eigenvalue weighted by atomic mass is 35.5. The minimum Gasteiger partial charge on any atom is -0.490 e. The zero-order chi connectivity index (χ0) is 17.2. The predicted molar refractivity (Wildman–Crippen MR) is 91.2 cm³/mol. The summed E-state index contributed by atoms with van der Waals surface area (Å²) in [6.07, 6.45) is 0.451. The van der Waals surface area contributed by atoms with E-state index in [1.54, 1.807) is 0 Å². The molecule has 0 heterocycles. The van der Waals surface area contributed by atoms with Crippen molar-refractivity contribution >= 4 is 24.3 Å². The van der Waals surface area contributed by atoms with Crippen molar-refractivity contribution in [1.82, 2.24) is 5.48 Å². The highest BCUT2D eigenvalue weighted by Crippen LogP contribution is 2.17. The van der Waals surface area contributed by atoms with E-state index in [9.17, 15) is 8.78 Å². The van der Waals surface area contributed by atoms with Crippen LogP contribution in [0.4, 0.5) is 8.78 Å². The highest BCUT2D eigenvalue weighted by molar-refractivity contribution is 5.92. The van der Waals surface area contributed by atoms with Crippen LogP contribution in [0, 0.1) is 11.6 Å². The first kappa shape index (κ1) is 21.9. The molecule has 24 heavy (non-hydrogen) atoms. The van der Waals surface area contributed by atoms with E-state index in [-0.39, 0.29) is 49.3 Å². The summed E-state index contributed by atoms with van der Waals surface area (Å²) < 4.78 is 31.1. The molecule has 0 saturated heterocycles. The molecule has 1 aromatic rings. The normalized spacial score (nSPS) is 12.0.